The molecule has 0 saturated heterocycles. The Hall–Kier alpha value is -0.530. The Morgan fingerprint density at radius 3 is 1.29 bits per heavy atom. The second-order valence-corrected chi connectivity index (χ2v) is 5.17. The second kappa shape index (κ2) is 7.15. The minimum Gasteiger partial charge on any atom is -0.314 e. The lowest BCUT2D eigenvalue weighted by atomic mass is 9.81. The summed E-state index contributed by atoms with van der Waals surface area (Å²) in [6.45, 7) is 7.23. The third-order valence-corrected chi connectivity index (χ3v) is 3.13. The maximum absolute atomic E-state index is 13.7. The number of alkyl halides is 7. The van der Waals surface area contributed by atoms with E-state index in [1.165, 1.54) is 0 Å². The fourth-order valence-electron chi connectivity index (χ4n) is 1.61. The van der Waals surface area contributed by atoms with Crippen molar-refractivity contribution in [1.82, 2.24) is 0 Å². The van der Waals surface area contributed by atoms with Gasteiger partial charge in [-0.1, -0.05) is 20.8 Å². The molecule has 0 aromatic carbocycles. The molecular formula is C13H23F7O. The maximum atomic E-state index is 13.7. The zero-order valence-electron chi connectivity index (χ0n) is 13.2. The van der Waals surface area contributed by atoms with Crippen LogP contribution in [0, 0.1) is 11.8 Å². The number of halogens is 7. The van der Waals surface area contributed by atoms with Crippen molar-refractivity contribution in [2.24, 2.45) is 11.8 Å². The van der Waals surface area contributed by atoms with Gasteiger partial charge in [0.25, 0.3) is 5.92 Å². The highest BCUT2D eigenvalue weighted by molar-refractivity contribution is 4.92. The van der Waals surface area contributed by atoms with Crippen LogP contribution in [0.4, 0.5) is 30.7 Å². The molecule has 0 saturated carbocycles. The van der Waals surface area contributed by atoms with E-state index in [-0.39, 0.29) is 0 Å². The van der Waals surface area contributed by atoms with Gasteiger partial charge in [0.1, 0.15) is 5.92 Å². The number of ether oxygens (including phenoxy) is 1. The Bertz CT molecular complexity index is 305. The van der Waals surface area contributed by atoms with Gasteiger partial charge in [0.05, 0.1) is 5.60 Å². The number of rotatable bonds is 5. The summed E-state index contributed by atoms with van der Waals surface area (Å²) in [5, 5.41) is 0. The number of hydrogen-bond donors (Lipinski definition) is 0. The van der Waals surface area contributed by atoms with Gasteiger partial charge in [-0.3, -0.25) is 0 Å². The summed E-state index contributed by atoms with van der Waals surface area (Å²) in [5.74, 6) is -9.24. The molecule has 0 aliphatic rings. The minimum absolute atomic E-state index is 0.316. The highest BCUT2D eigenvalue weighted by atomic mass is 19.4. The lowest BCUT2D eigenvalue weighted by Gasteiger charge is -2.40. The summed E-state index contributed by atoms with van der Waals surface area (Å²) in [4.78, 5) is 0. The quantitative estimate of drug-likeness (QED) is 0.572. The molecule has 0 amide bonds. The van der Waals surface area contributed by atoms with Gasteiger partial charge in [-0.2, -0.15) is 22.0 Å². The van der Waals surface area contributed by atoms with Crippen molar-refractivity contribution >= 4 is 0 Å². The molecule has 8 heteroatoms. The van der Waals surface area contributed by atoms with Gasteiger partial charge >= 0.3 is 12.3 Å². The average Bonchev–Trinajstić information content (AvgIpc) is 2.25. The molecule has 1 nitrogen and oxygen atoms in total. The van der Waals surface area contributed by atoms with Crippen LogP contribution in [-0.2, 0) is 4.74 Å². The maximum Gasteiger partial charge on any atom is 0.397 e. The van der Waals surface area contributed by atoms with Crippen molar-refractivity contribution in [3.63, 3.8) is 0 Å². The molecule has 0 fully saturated rings. The molecule has 0 heterocycles. The fraction of sp³-hybridized carbons (Fsp3) is 1.00. The molecule has 0 N–H and O–H groups in total. The van der Waals surface area contributed by atoms with E-state index in [0.29, 0.717) is 13.8 Å². The van der Waals surface area contributed by atoms with Crippen LogP contribution < -0.4 is 0 Å². The Balaban J connectivity index is 0. The first-order valence-corrected chi connectivity index (χ1v) is 6.54. The van der Waals surface area contributed by atoms with Crippen LogP contribution in [-0.4, -0.2) is 23.8 Å². The van der Waals surface area contributed by atoms with Crippen molar-refractivity contribution in [2.75, 3.05) is 0 Å². The summed E-state index contributed by atoms with van der Waals surface area (Å²) in [7, 11) is 0. The average molecular weight is 328 g/mol. The molecule has 0 radical (unpaired) electrons. The van der Waals surface area contributed by atoms with Crippen LogP contribution in [0.1, 0.15) is 48.5 Å². The molecule has 2 atom stereocenters. The van der Waals surface area contributed by atoms with Crippen LogP contribution >= 0.6 is 0 Å². The molecule has 0 bridgehead atoms. The number of hydrogen-bond acceptors (Lipinski definition) is 1. The smallest absolute Gasteiger partial charge is 0.314 e. The van der Waals surface area contributed by atoms with Crippen LogP contribution in [0.25, 0.3) is 0 Å². The Morgan fingerprint density at radius 2 is 1.05 bits per heavy atom. The summed E-state index contributed by atoms with van der Waals surface area (Å²) >= 11 is 0. The largest absolute Gasteiger partial charge is 0.397 e. The zero-order chi connectivity index (χ0) is 17.9. The Labute approximate surface area is 120 Å². The van der Waals surface area contributed by atoms with Gasteiger partial charge in [0.2, 0.25) is 0 Å². The van der Waals surface area contributed by atoms with Crippen molar-refractivity contribution < 1.29 is 35.5 Å². The molecule has 0 aliphatic heterocycles. The predicted molar refractivity (Wildman–Crippen MR) is 66.5 cm³/mol. The highest BCUT2D eigenvalue weighted by Crippen LogP contribution is 2.47. The summed E-state index contributed by atoms with van der Waals surface area (Å²) < 4.78 is 94.1. The van der Waals surface area contributed by atoms with Crippen LogP contribution in [0.5, 0.6) is 0 Å². The monoisotopic (exact) mass is 328 g/mol. The van der Waals surface area contributed by atoms with E-state index in [0.717, 1.165) is 20.8 Å². The first-order chi connectivity index (χ1) is 9.02. The second-order valence-electron chi connectivity index (χ2n) is 5.17. The van der Waals surface area contributed by atoms with Gasteiger partial charge in [-0.15, -0.1) is 0 Å². The molecular weight excluding hydrogens is 305 g/mol. The van der Waals surface area contributed by atoms with E-state index >= 15 is 0 Å². The normalized spacial score (nSPS) is 16.9. The molecule has 2 unspecified atom stereocenters. The molecule has 0 rings (SSSR count). The van der Waals surface area contributed by atoms with E-state index in [9.17, 15) is 30.7 Å². The molecule has 0 aliphatic carbocycles. The van der Waals surface area contributed by atoms with Crippen molar-refractivity contribution in [2.45, 2.75) is 72.3 Å². The molecule has 130 valence electrons. The van der Waals surface area contributed by atoms with Crippen LogP contribution in [0.2, 0.25) is 0 Å². The lowest BCUT2D eigenvalue weighted by Crippen LogP contribution is -2.52. The topological polar surface area (TPSA) is 9.23 Å². The lowest BCUT2D eigenvalue weighted by molar-refractivity contribution is -0.318. The Morgan fingerprint density at radius 1 is 0.714 bits per heavy atom. The van der Waals surface area contributed by atoms with E-state index < -0.39 is 35.6 Å². The Kier molecular flexibility index (Phi) is 7.75. The van der Waals surface area contributed by atoms with E-state index in [4.69, 9.17) is 0 Å². The summed E-state index contributed by atoms with van der Waals surface area (Å²) in [6, 6.07) is 0. The molecule has 0 aromatic rings. The van der Waals surface area contributed by atoms with Gasteiger partial charge in [0, 0.05) is 12.8 Å². The highest BCUT2D eigenvalue weighted by Gasteiger charge is 2.59. The predicted octanol–water partition coefficient (Wildman–Crippen LogP) is 5.89. The van der Waals surface area contributed by atoms with Gasteiger partial charge in [0.15, 0.2) is 0 Å². The van der Waals surface area contributed by atoms with E-state index in [1.54, 1.807) is 0 Å². The van der Waals surface area contributed by atoms with Gasteiger partial charge in [-0.25, -0.2) is 8.78 Å². The summed E-state index contributed by atoms with van der Waals surface area (Å²) in [6.07, 6.45) is -8.84. The van der Waals surface area contributed by atoms with Crippen LogP contribution in [0.3, 0.4) is 0 Å². The van der Waals surface area contributed by atoms with E-state index in [1.807, 2.05) is 13.8 Å². The first kappa shape index (κ1) is 22.7. The minimum atomic E-state index is -5.12. The van der Waals surface area contributed by atoms with Gasteiger partial charge in [-0.05, 0) is 20.8 Å². The molecule has 21 heavy (non-hydrogen) atoms. The van der Waals surface area contributed by atoms with Crippen molar-refractivity contribution in [3.8, 4) is 0 Å². The zero-order valence-corrected chi connectivity index (χ0v) is 13.2. The van der Waals surface area contributed by atoms with E-state index in [2.05, 4.69) is 4.74 Å². The molecule has 0 spiro atoms. The fourth-order valence-corrected chi connectivity index (χ4v) is 1.61. The van der Waals surface area contributed by atoms with Crippen LogP contribution in [0.15, 0.2) is 0 Å². The van der Waals surface area contributed by atoms with Crippen molar-refractivity contribution in [3.05, 3.63) is 0 Å². The molecule has 0 aromatic heterocycles. The standard InChI is InChI=1S/C11H17F7O.C2H6/c1-6(8(3,4)19-9(5,12)13)10(14,15)7(2)11(16,17)18;1-2/h6-7H,1-5H3;1-2H3. The van der Waals surface area contributed by atoms with Gasteiger partial charge < -0.3 is 4.74 Å². The summed E-state index contributed by atoms with van der Waals surface area (Å²) in [5.41, 5.74) is -2.12. The third-order valence-electron chi connectivity index (χ3n) is 3.13. The first-order valence-electron chi connectivity index (χ1n) is 6.54. The third kappa shape index (κ3) is 6.84. The SMILES string of the molecule is CC.CC(C(F)(F)F)C(F)(F)C(C)C(C)(C)OC(C)(F)F. The van der Waals surface area contributed by atoms with Crippen molar-refractivity contribution in [1.29, 1.82) is 0 Å².